The molecule has 5 nitrogen and oxygen atoms in total. The fraction of sp³-hybridized carbons (Fsp3) is 0.300. The number of carbonyl (C=O) groups excluding carboxylic acids is 1. The second-order valence-electron chi connectivity index (χ2n) is 3.74. The van der Waals surface area contributed by atoms with Crippen LogP contribution in [0.25, 0.3) is 0 Å². The molecule has 0 bridgehead atoms. The van der Waals surface area contributed by atoms with Gasteiger partial charge >= 0.3 is 12.1 Å². The lowest BCUT2D eigenvalue weighted by atomic mass is 10.1. The van der Waals surface area contributed by atoms with Gasteiger partial charge in [-0.3, -0.25) is 14.9 Å². The van der Waals surface area contributed by atoms with E-state index in [4.69, 9.17) is 0 Å². The number of fused-ring (bicyclic) bond motifs is 1. The Morgan fingerprint density at radius 2 is 2.06 bits per heavy atom. The van der Waals surface area contributed by atoms with Crippen molar-refractivity contribution in [3.05, 3.63) is 33.9 Å². The molecule has 0 saturated heterocycles. The number of halogens is 3. The SMILES string of the molecule is O=C(N1CCc2c1cccc2[N+](=O)[O-])C(F)(F)F. The van der Waals surface area contributed by atoms with Gasteiger partial charge < -0.3 is 4.90 Å². The Bertz CT molecular complexity index is 528. The van der Waals surface area contributed by atoms with Crippen LogP contribution < -0.4 is 4.90 Å². The summed E-state index contributed by atoms with van der Waals surface area (Å²) in [5.41, 5.74) is -0.128. The third-order valence-corrected chi connectivity index (χ3v) is 2.69. The van der Waals surface area contributed by atoms with E-state index in [0.29, 0.717) is 4.90 Å². The molecule has 0 aliphatic carbocycles. The second-order valence-corrected chi connectivity index (χ2v) is 3.74. The molecular formula is C10H7F3N2O3. The lowest BCUT2D eigenvalue weighted by molar-refractivity contribution is -0.385. The molecule has 0 atom stereocenters. The van der Waals surface area contributed by atoms with Gasteiger partial charge in [0.15, 0.2) is 0 Å². The van der Waals surface area contributed by atoms with Gasteiger partial charge in [0.25, 0.3) is 5.69 Å². The summed E-state index contributed by atoms with van der Waals surface area (Å²) in [4.78, 5) is 21.7. The van der Waals surface area contributed by atoms with Crippen LogP contribution in [0.15, 0.2) is 18.2 Å². The number of nitro benzene ring substituents is 1. The number of benzene rings is 1. The molecule has 18 heavy (non-hydrogen) atoms. The van der Waals surface area contributed by atoms with Gasteiger partial charge in [0.1, 0.15) is 0 Å². The summed E-state index contributed by atoms with van der Waals surface area (Å²) < 4.78 is 37.0. The molecule has 1 aromatic rings. The van der Waals surface area contributed by atoms with Crippen molar-refractivity contribution >= 4 is 17.3 Å². The molecule has 2 rings (SSSR count). The monoisotopic (exact) mass is 260 g/mol. The van der Waals surface area contributed by atoms with Crippen molar-refractivity contribution in [1.29, 1.82) is 0 Å². The van der Waals surface area contributed by atoms with Crippen LogP contribution in [0.3, 0.4) is 0 Å². The minimum Gasteiger partial charge on any atom is -0.304 e. The quantitative estimate of drug-likeness (QED) is 0.573. The summed E-state index contributed by atoms with van der Waals surface area (Å²) in [6, 6.07) is 3.75. The minimum absolute atomic E-state index is 0.0356. The summed E-state index contributed by atoms with van der Waals surface area (Å²) >= 11 is 0. The van der Waals surface area contributed by atoms with Crippen LogP contribution >= 0.6 is 0 Å². The highest BCUT2D eigenvalue weighted by Gasteiger charge is 2.45. The number of amides is 1. The fourth-order valence-corrected chi connectivity index (χ4v) is 1.95. The Labute approximate surface area is 99.0 Å². The molecule has 0 radical (unpaired) electrons. The van der Waals surface area contributed by atoms with Crippen LogP contribution in [-0.2, 0) is 11.2 Å². The van der Waals surface area contributed by atoms with Crippen LogP contribution in [0.1, 0.15) is 5.56 Å². The molecule has 8 heteroatoms. The van der Waals surface area contributed by atoms with Crippen molar-refractivity contribution in [2.24, 2.45) is 0 Å². The molecule has 1 heterocycles. The van der Waals surface area contributed by atoms with E-state index in [1.54, 1.807) is 0 Å². The van der Waals surface area contributed by atoms with Gasteiger partial charge in [-0.05, 0) is 12.5 Å². The van der Waals surface area contributed by atoms with E-state index in [9.17, 15) is 28.1 Å². The Balaban J connectivity index is 2.44. The van der Waals surface area contributed by atoms with Crippen molar-refractivity contribution < 1.29 is 22.9 Å². The summed E-state index contributed by atoms with van der Waals surface area (Å²) in [5, 5.41) is 10.7. The average Bonchev–Trinajstić information content (AvgIpc) is 2.69. The van der Waals surface area contributed by atoms with E-state index in [1.165, 1.54) is 18.2 Å². The van der Waals surface area contributed by atoms with Gasteiger partial charge in [0.05, 0.1) is 16.2 Å². The highest BCUT2D eigenvalue weighted by molar-refractivity contribution is 5.99. The summed E-state index contributed by atoms with van der Waals surface area (Å²) in [6.45, 7) is -0.196. The molecule has 0 aromatic heterocycles. The van der Waals surface area contributed by atoms with Gasteiger partial charge in [-0.1, -0.05) is 6.07 Å². The van der Waals surface area contributed by atoms with Gasteiger partial charge in [-0.2, -0.15) is 13.2 Å². The molecule has 0 fully saturated rings. The molecule has 0 saturated carbocycles. The first kappa shape index (κ1) is 12.3. The molecule has 1 aromatic carbocycles. The van der Waals surface area contributed by atoms with E-state index >= 15 is 0 Å². The third kappa shape index (κ3) is 1.89. The highest BCUT2D eigenvalue weighted by Crippen LogP contribution is 2.36. The van der Waals surface area contributed by atoms with Crippen LogP contribution in [0.2, 0.25) is 0 Å². The smallest absolute Gasteiger partial charge is 0.304 e. The van der Waals surface area contributed by atoms with Gasteiger partial charge in [0.2, 0.25) is 0 Å². The molecule has 0 N–H and O–H groups in total. The first-order chi connectivity index (χ1) is 8.32. The Hall–Kier alpha value is -2.12. The van der Waals surface area contributed by atoms with E-state index in [1.807, 2.05) is 0 Å². The predicted octanol–water partition coefficient (Wildman–Crippen LogP) is 2.05. The molecule has 1 aliphatic rings. The second kappa shape index (κ2) is 3.97. The van der Waals surface area contributed by atoms with Crippen molar-refractivity contribution in [3.63, 3.8) is 0 Å². The van der Waals surface area contributed by atoms with Crippen LogP contribution in [0.5, 0.6) is 0 Å². The number of carbonyl (C=O) groups is 1. The minimum atomic E-state index is -4.98. The standard InChI is InChI=1S/C10H7F3N2O3/c11-10(12,13)9(16)14-5-4-6-7(14)2-1-3-8(6)15(17)18/h1-3H,4-5H2. The average molecular weight is 260 g/mol. The van der Waals surface area contributed by atoms with E-state index < -0.39 is 17.0 Å². The molecular weight excluding hydrogens is 253 g/mol. The van der Waals surface area contributed by atoms with Crippen LogP contribution in [0, 0.1) is 10.1 Å². The van der Waals surface area contributed by atoms with Crippen molar-refractivity contribution in [2.45, 2.75) is 12.6 Å². The van der Waals surface area contributed by atoms with Gasteiger partial charge in [0, 0.05) is 12.6 Å². The fourth-order valence-electron chi connectivity index (χ4n) is 1.95. The Morgan fingerprint density at radius 3 is 2.61 bits per heavy atom. The zero-order valence-electron chi connectivity index (χ0n) is 8.90. The lowest BCUT2D eigenvalue weighted by Crippen LogP contribution is -2.40. The number of nitrogens with zero attached hydrogens (tertiary/aromatic N) is 2. The highest BCUT2D eigenvalue weighted by atomic mass is 19.4. The maximum atomic E-state index is 12.3. The molecule has 1 amide bonds. The topological polar surface area (TPSA) is 63.5 Å². The summed E-state index contributed by atoms with van der Waals surface area (Å²) in [7, 11) is 0. The number of hydrogen-bond acceptors (Lipinski definition) is 3. The zero-order valence-corrected chi connectivity index (χ0v) is 8.90. The van der Waals surface area contributed by atoms with E-state index in [0.717, 1.165) is 0 Å². The number of anilines is 1. The number of hydrogen-bond donors (Lipinski definition) is 0. The summed E-state index contributed by atoms with van der Waals surface area (Å²) in [6.07, 6.45) is -4.93. The Morgan fingerprint density at radius 1 is 1.39 bits per heavy atom. The van der Waals surface area contributed by atoms with Crippen molar-refractivity contribution in [3.8, 4) is 0 Å². The first-order valence-corrected chi connectivity index (χ1v) is 4.97. The maximum absolute atomic E-state index is 12.3. The zero-order chi connectivity index (χ0) is 13.5. The van der Waals surface area contributed by atoms with Gasteiger partial charge in [-0.25, -0.2) is 0 Å². The predicted molar refractivity (Wildman–Crippen MR) is 55.2 cm³/mol. The number of rotatable bonds is 1. The molecule has 96 valence electrons. The largest absolute Gasteiger partial charge is 0.471 e. The van der Waals surface area contributed by atoms with Gasteiger partial charge in [-0.15, -0.1) is 0 Å². The van der Waals surface area contributed by atoms with Crippen LogP contribution in [0.4, 0.5) is 24.5 Å². The Kier molecular flexibility index (Phi) is 2.72. The first-order valence-electron chi connectivity index (χ1n) is 4.97. The normalized spacial score (nSPS) is 14.5. The van der Waals surface area contributed by atoms with E-state index in [2.05, 4.69) is 0 Å². The molecule has 1 aliphatic heterocycles. The number of nitro groups is 1. The molecule has 0 spiro atoms. The van der Waals surface area contributed by atoms with Crippen molar-refractivity contribution in [2.75, 3.05) is 11.4 Å². The third-order valence-electron chi connectivity index (χ3n) is 2.69. The summed E-state index contributed by atoms with van der Waals surface area (Å²) in [5.74, 6) is -2.00. The lowest BCUT2D eigenvalue weighted by Gasteiger charge is -2.18. The molecule has 0 unspecified atom stereocenters. The van der Waals surface area contributed by atoms with Crippen LogP contribution in [-0.4, -0.2) is 23.6 Å². The number of alkyl halides is 3. The maximum Gasteiger partial charge on any atom is 0.471 e. The van der Waals surface area contributed by atoms with E-state index in [-0.39, 0.29) is 29.9 Å². The van der Waals surface area contributed by atoms with Crippen molar-refractivity contribution in [1.82, 2.24) is 0 Å².